The van der Waals surface area contributed by atoms with Crippen LogP contribution < -0.4 is 11.1 Å². The Morgan fingerprint density at radius 1 is 1.09 bits per heavy atom. The van der Waals surface area contributed by atoms with Crippen LogP contribution in [0, 0.1) is 17.8 Å². The molecule has 0 radical (unpaired) electrons. The van der Waals surface area contributed by atoms with Gasteiger partial charge in [0.25, 0.3) is 0 Å². The minimum atomic E-state index is -0.0171. The summed E-state index contributed by atoms with van der Waals surface area (Å²) in [6.07, 6.45) is 7.02. The van der Waals surface area contributed by atoms with Crippen LogP contribution in [0.2, 0.25) is 0 Å². The molecule has 22 heavy (non-hydrogen) atoms. The molecule has 3 fully saturated rings. The Labute approximate surface area is 138 Å². The first-order chi connectivity index (χ1) is 10.1. The summed E-state index contributed by atoms with van der Waals surface area (Å²) in [6, 6.07) is 0.182. The molecule has 3 N–H and O–H groups in total. The van der Waals surface area contributed by atoms with Crippen molar-refractivity contribution in [2.45, 2.75) is 51.0 Å². The molecule has 2 saturated carbocycles. The predicted molar refractivity (Wildman–Crippen MR) is 87.6 cm³/mol. The average molecular weight is 330 g/mol. The maximum absolute atomic E-state index is 12.5. The van der Waals surface area contributed by atoms with Crippen molar-refractivity contribution in [3.63, 3.8) is 0 Å². The number of likely N-dealkylation sites (tertiary alicyclic amines) is 1. The molecule has 3 atom stereocenters. The highest BCUT2D eigenvalue weighted by Crippen LogP contribution is 2.29. The van der Waals surface area contributed by atoms with Gasteiger partial charge in [-0.25, -0.2) is 0 Å². The van der Waals surface area contributed by atoms with Crippen molar-refractivity contribution < 1.29 is 9.59 Å². The molecular weight excluding hydrogens is 302 g/mol. The van der Waals surface area contributed by atoms with Gasteiger partial charge in [-0.15, -0.1) is 12.4 Å². The number of amides is 2. The Kier molecular flexibility index (Phi) is 6.09. The monoisotopic (exact) mass is 329 g/mol. The molecular formula is C16H28ClN3O2. The minimum Gasteiger partial charge on any atom is -0.356 e. The second kappa shape index (κ2) is 7.64. The van der Waals surface area contributed by atoms with E-state index < -0.39 is 0 Å². The molecule has 3 rings (SSSR count). The second-order valence-corrected chi connectivity index (χ2v) is 7.08. The molecule has 126 valence electrons. The van der Waals surface area contributed by atoms with Crippen LogP contribution >= 0.6 is 12.4 Å². The Bertz CT molecular complexity index is 414. The van der Waals surface area contributed by atoms with Gasteiger partial charge in [0.2, 0.25) is 11.8 Å². The van der Waals surface area contributed by atoms with Crippen molar-refractivity contribution in [3.8, 4) is 0 Å². The third-order valence-electron chi connectivity index (χ3n) is 5.19. The van der Waals surface area contributed by atoms with Crippen LogP contribution in [-0.2, 0) is 9.59 Å². The number of piperidine rings is 1. The van der Waals surface area contributed by atoms with Crippen LogP contribution in [0.15, 0.2) is 0 Å². The number of nitrogens with one attached hydrogen (secondary N) is 1. The van der Waals surface area contributed by atoms with E-state index in [0.717, 1.165) is 45.2 Å². The fourth-order valence-electron chi connectivity index (χ4n) is 3.60. The number of hydrogen-bond acceptors (Lipinski definition) is 3. The fraction of sp³-hybridized carbons (Fsp3) is 0.875. The lowest BCUT2D eigenvalue weighted by molar-refractivity contribution is -0.139. The van der Waals surface area contributed by atoms with Crippen LogP contribution in [0.1, 0.15) is 44.9 Å². The van der Waals surface area contributed by atoms with Gasteiger partial charge in [-0.2, -0.15) is 0 Å². The zero-order chi connectivity index (χ0) is 14.8. The van der Waals surface area contributed by atoms with E-state index in [1.807, 2.05) is 4.90 Å². The highest BCUT2D eigenvalue weighted by Gasteiger charge is 2.35. The lowest BCUT2D eigenvalue weighted by Gasteiger charge is -2.33. The van der Waals surface area contributed by atoms with Crippen molar-refractivity contribution in [1.82, 2.24) is 10.2 Å². The summed E-state index contributed by atoms with van der Waals surface area (Å²) in [4.78, 5) is 26.6. The molecule has 1 saturated heterocycles. The van der Waals surface area contributed by atoms with Crippen molar-refractivity contribution in [2.75, 3.05) is 19.6 Å². The van der Waals surface area contributed by atoms with Crippen LogP contribution in [0.5, 0.6) is 0 Å². The largest absolute Gasteiger partial charge is 0.356 e. The normalized spacial score (nSPS) is 31.5. The molecule has 3 aliphatic rings. The molecule has 2 amide bonds. The summed E-state index contributed by atoms with van der Waals surface area (Å²) in [6.45, 7) is 2.22. The van der Waals surface area contributed by atoms with E-state index >= 15 is 0 Å². The number of nitrogens with zero attached hydrogens (tertiary/aromatic N) is 1. The van der Waals surface area contributed by atoms with Crippen LogP contribution in [0.3, 0.4) is 0 Å². The van der Waals surface area contributed by atoms with Crippen molar-refractivity contribution >= 4 is 24.2 Å². The molecule has 0 aromatic heterocycles. The standard InChI is InChI=1S/C16H27N3O2.ClH/c17-14-6-5-12(8-14)16(21)19-7-1-2-13(10-19)15(20)18-9-11-3-4-11;/h11-14H,1-10,17H2,(H,18,20);1H. The third kappa shape index (κ3) is 4.35. The molecule has 1 aliphatic heterocycles. The highest BCUT2D eigenvalue weighted by atomic mass is 35.5. The van der Waals surface area contributed by atoms with Gasteiger partial charge in [-0.05, 0) is 50.9 Å². The highest BCUT2D eigenvalue weighted by molar-refractivity contribution is 5.85. The quantitative estimate of drug-likeness (QED) is 0.816. The number of rotatable bonds is 4. The van der Waals surface area contributed by atoms with Crippen LogP contribution in [-0.4, -0.2) is 42.4 Å². The van der Waals surface area contributed by atoms with E-state index in [4.69, 9.17) is 5.73 Å². The summed E-state index contributed by atoms with van der Waals surface area (Å²) in [5.74, 6) is 1.14. The van der Waals surface area contributed by atoms with E-state index in [-0.39, 0.29) is 42.1 Å². The van der Waals surface area contributed by atoms with E-state index in [1.54, 1.807) is 0 Å². The van der Waals surface area contributed by atoms with E-state index in [9.17, 15) is 9.59 Å². The fourth-order valence-corrected chi connectivity index (χ4v) is 3.60. The van der Waals surface area contributed by atoms with Gasteiger partial charge in [-0.1, -0.05) is 0 Å². The number of carbonyl (C=O) groups is 2. The van der Waals surface area contributed by atoms with E-state index in [0.29, 0.717) is 12.5 Å². The number of halogens is 1. The Morgan fingerprint density at radius 2 is 1.86 bits per heavy atom. The second-order valence-electron chi connectivity index (χ2n) is 7.08. The summed E-state index contributed by atoms with van der Waals surface area (Å²) in [7, 11) is 0. The van der Waals surface area contributed by atoms with E-state index in [2.05, 4.69) is 5.32 Å². The Hall–Kier alpha value is -0.810. The van der Waals surface area contributed by atoms with Gasteiger partial charge in [0.05, 0.1) is 5.92 Å². The number of hydrogen-bond donors (Lipinski definition) is 2. The minimum absolute atomic E-state index is 0. The van der Waals surface area contributed by atoms with Crippen molar-refractivity contribution in [2.24, 2.45) is 23.5 Å². The topological polar surface area (TPSA) is 75.4 Å². The van der Waals surface area contributed by atoms with Gasteiger partial charge < -0.3 is 16.0 Å². The predicted octanol–water partition coefficient (Wildman–Crippen LogP) is 1.30. The number of carbonyl (C=O) groups excluding carboxylic acids is 2. The number of nitrogens with two attached hydrogens (primary N) is 1. The first kappa shape index (κ1) is 17.5. The summed E-state index contributed by atoms with van der Waals surface area (Å²) >= 11 is 0. The molecule has 0 aromatic carbocycles. The Morgan fingerprint density at radius 3 is 2.50 bits per heavy atom. The van der Waals surface area contributed by atoms with Gasteiger partial charge in [0.1, 0.15) is 0 Å². The van der Waals surface area contributed by atoms with Gasteiger partial charge in [0, 0.05) is 31.6 Å². The first-order valence-electron chi connectivity index (χ1n) is 8.45. The van der Waals surface area contributed by atoms with E-state index in [1.165, 1.54) is 12.8 Å². The van der Waals surface area contributed by atoms with Gasteiger partial charge >= 0.3 is 0 Å². The molecule has 0 aromatic rings. The zero-order valence-corrected chi connectivity index (χ0v) is 13.9. The van der Waals surface area contributed by atoms with Crippen LogP contribution in [0.25, 0.3) is 0 Å². The summed E-state index contributed by atoms with van der Waals surface area (Å²) < 4.78 is 0. The summed E-state index contributed by atoms with van der Waals surface area (Å²) in [5.41, 5.74) is 5.91. The van der Waals surface area contributed by atoms with Gasteiger partial charge in [0.15, 0.2) is 0 Å². The van der Waals surface area contributed by atoms with Crippen molar-refractivity contribution in [3.05, 3.63) is 0 Å². The lowest BCUT2D eigenvalue weighted by Crippen LogP contribution is -2.47. The molecule has 6 heteroatoms. The van der Waals surface area contributed by atoms with Gasteiger partial charge in [-0.3, -0.25) is 9.59 Å². The first-order valence-corrected chi connectivity index (χ1v) is 8.45. The third-order valence-corrected chi connectivity index (χ3v) is 5.19. The SMILES string of the molecule is Cl.NC1CCC(C(=O)N2CCCC(C(=O)NCC3CC3)C2)C1. The zero-order valence-electron chi connectivity index (χ0n) is 13.1. The molecule has 3 unspecified atom stereocenters. The molecule has 0 bridgehead atoms. The average Bonchev–Trinajstić information content (AvgIpc) is 3.24. The van der Waals surface area contributed by atoms with Crippen LogP contribution in [0.4, 0.5) is 0 Å². The Balaban J connectivity index is 0.00000176. The smallest absolute Gasteiger partial charge is 0.225 e. The molecule has 0 spiro atoms. The molecule has 1 heterocycles. The molecule has 5 nitrogen and oxygen atoms in total. The maximum atomic E-state index is 12.5. The molecule has 2 aliphatic carbocycles. The van der Waals surface area contributed by atoms with Crippen molar-refractivity contribution in [1.29, 1.82) is 0 Å². The maximum Gasteiger partial charge on any atom is 0.225 e. The lowest BCUT2D eigenvalue weighted by atomic mass is 9.95. The summed E-state index contributed by atoms with van der Waals surface area (Å²) in [5, 5.41) is 3.05.